The molecule has 0 unspecified atom stereocenters. The van der Waals surface area contributed by atoms with Crippen molar-refractivity contribution in [3.63, 3.8) is 0 Å². The maximum Gasteiger partial charge on any atom is 0.433 e. The van der Waals surface area contributed by atoms with E-state index in [-0.39, 0.29) is 24.0 Å². The molecule has 2 aromatic rings. The summed E-state index contributed by atoms with van der Waals surface area (Å²) in [6, 6.07) is 2.90. The van der Waals surface area contributed by atoms with Gasteiger partial charge in [0.2, 0.25) is 5.95 Å². The number of aliphatic hydroxyl groups excluding tert-OH is 1. The highest BCUT2D eigenvalue weighted by atomic mass is 19.4. The van der Waals surface area contributed by atoms with Crippen molar-refractivity contribution in [3.05, 3.63) is 35.5 Å². The number of methoxy groups -OCH3 is 1. The van der Waals surface area contributed by atoms with Crippen molar-refractivity contribution < 1.29 is 36.2 Å². The zero-order valence-corrected chi connectivity index (χ0v) is 16.2. The molecule has 1 aromatic heterocycles. The minimum atomic E-state index is -4.82. The fourth-order valence-corrected chi connectivity index (χ4v) is 2.47. The van der Waals surface area contributed by atoms with Gasteiger partial charge in [-0.3, -0.25) is 0 Å². The lowest BCUT2D eigenvalue weighted by Crippen LogP contribution is -2.30. The number of ether oxygens (including phenoxy) is 1. The molecular weight excluding hydrogens is 418 g/mol. The van der Waals surface area contributed by atoms with Crippen LogP contribution in [-0.2, 0) is 12.4 Å². The standard InChI is InChI=1S/C18H20F6N4O2/c1-9(2)12(8-29)26-16-27-14(18(22,23)24)7-15(28-16)25-10-4-5-13(30-3)11(6-10)17(19,20)21/h4-7,9,12,29H,8H2,1-3H3,(H2,25,26,27,28)/t12-/m1/s1. The molecule has 12 heteroatoms. The lowest BCUT2D eigenvalue weighted by atomic mass is 10.1. The Hall–Kier alpha value is -2.76. The molecule has 0 spiro atoms. The average Bonchev–Trinajstić information content (AvgIpc) is 2.64. The van der Waals surface area contributed by atoms with Crippen LogP contribution in [0, 0.1) is 5.92 Å². The SMILES string of the molecule is COc1ccc(Nc2cc(C(F)(F)F)nc(N[C@H](CO)C(C)C)n2)cc1C(F)(F)F. The molecule has 0 radical (unpaired) electrons. The number of aromatic nitrogens is 2. The lowest BCUT2D eigenvalue weighted by molar-refractivity contribution is -0.141. The molecule has 6 nitrogen and oxygen atoms in total. The van der Waals surface area contributed by atoms with Gasteiger partial charge in [-0.25, -0.2) is 4.98 Å². The zero-order chi connectivity index (χ0) is 22.7. The Morgan fingerprint density at radius 1 is 1.03 bits per heavy atom. The topological polar surface area (TPSA) is 79.3 Å². The first kappa shape index (κ1) is 23.5. The summed E-state index contributed by atoms with van der Waals surface area (Å²) in [6.07, 6.45) is -9.55. The van der Waals surface area contributed by atoms with E-state index in [1.165, 1.54) is 6.07 Å². The zero-order valence-electron chi connectivity index (χ0n) is 16.2. The summed E-state index contributed by atoms with van der Waals surface area (Å²) in [5.41, 5.74) is -2.55. The number of hydrogen-bond acceptors (Lipinski definition) is 6. The Bertz CT molecular complexity index is 871. The summed E-state index contributed by atoms with van der Waals surface area (Å²) in [6.45, 7) is 3.08. The number of alkyl halides is 6. The van der Waals surface area contributed by atoms with Crippen LogP contribution in [0.2, 0.25) is 0 Å². The third kappa shape index (κ3) is 5.88. The minimum Gasteiger partial charge on any atom is -0.496 e. The number of benzene rings is 1. The second-order valence-electron chi connectivity index (χ2n) is 6.68. The highest BCUT2D eigenvalue weighted by Crippen LogP contribution is 2.38. The van der Waals surface area contributed by atoms with Crippen molar-refractivity contribution in [2.75, 3.05) is 24.4 Å². The van der Waals surface area contributed by atoms with E-state index in [2.05, 4.69) is 25.3 Å². The second-order valence-corrected chi connectivity index (χ2v) is 6.68. The van der Waals surface area contributed by atoms with Crippen LogP contribution in [0.15, 0.2) is 24.3 Å². The van der Waals surface area contributed by atoms with Gasteiger partial charge >= 0.3 is 12.4 Å². The van der Waals surface area contributed by atoms with Gasteiger partial charge in [0.25, 0.3) is 0 Å². The fourth-order valence-electron chi connectivity index (χ4n) is 2.47. The Balaban J connectivity index is 2.45. The van der Waals surface area contributed by atoms with E-state index in [4.69, 9.17) is 0 Å². The first-order chi connectivity index (χ1) is 13.8. The third-order valence-electron chi connectivity index (χ3n) is 4.11. The van der Waals surface area contributed by atoms with Gasteiger partial charge in [0, 0.05) is 11.8 Å². The van der Waals surface area contributed by atoms with E-state index in [0.29, 0.717) is 12.1 Å². The number of anilines is 3. The molecule has 30 heavy (non-hydrogen) atoms. The molecule has 0 amide bonds. The molecule has 0 aliphatic carbocycles. The number of rotatable bonds is 7. The van der Waals surface area contributed by atoms with Crippen LogP contribution in [0.5, 0.6) is 5.75 Å². The van der Waals surface area contributed by atoms with Gasteiger partial charge in [-0.2, -0.15) is 31.3 Å². The minimum absolute atomic E-state index is 0.150. The number of aliphatic hydroxyl groups is 1. The van der Waals surface area contributed by atoms with Gasteiger partial charge in [0.1, 0.15) is 11.6 Å². The van der Waals surface area contributed by atoms with Crippen molar-refractivity contribution in [3.8, 4) is 5.75 Å². The fraction of sp³-hybridized carbons (Fsp3) is 0.444. The van der Waals surface area contributed by atoms with E-state index in [1.807, 2.05) is 0 Å². The summed E-state index contributed by atoms with van der Waals surface area (Å²) in [5, 5.41) is 14.4. The van der Waals surface area contributed by atoms with Gasteiger partial charge in [0.15, 0.2) is 5.69 Å². The summed E-state index contributed by atoms with van der Waals surface area (Å²) in [4.78, 5) is 7.29. The largest absolute Gasteiger partial charge is 0.496 e. The molecule has 1 aromatic carbocycles. The quantitative estimate of drug-likeness (QED) is 0.544. The van der Waals surface area contributed by atoms with Gasteiger partial charge in [-0.15, -0.1) is 0 Å². The molecule has 1 atom stereocenters. The Morgan fingerprint density at radius 2 is 1.70 bits per heavy atom. The molecular formula is C18H20F6N4O2. The van der Waals surface area contributed by atoms with Crippen molar-refractivity contribution in [2.45, 2.75) is 32.2 Å². The molecule has 0 saturated heterocycles. The molecule has 2 rings (SSSR count). The first-order valence-corrected chi connectivity index (χ1v) is 8.71. The number of hydrogen-bond donors (Lipinski definition) is 3. The van der Waals surface area contributed by atoms with E-state index in [0.717, 1.165) is 13.2 Å². The van der Waals surface area contributed by atoms with Gasteiger partial charge in [-0.05, 0) is 24.1 Å². The monoisotopic (exact) mass is 438 g/mol. The highest BCUT2D eigenvalue weighted by molar-refractivity contribution is 5.61. The Morgan fingerprint density at radius 3 is 2.20 bits per heavy atom. The summed E-state index contributed by atoms with van der Waals surface area (Å²) in [5.74, 6) is -1.39. The van der Waals surface area contributed by atoms with Gasteiger partial charge < -0.3 is 20.5 Å². The number of nitrogens with zero attached hydrogens (tertiary/aromatic N) is 2. The average molecular weight is 438 g/mol. The van der Waals surface area contributed by atoms with Crippen LogP contribution in [-0.4, -0.2) is 34.8 Å². The third-order valence-corrected chi connectivity index (χ3v) is 4.11. The van der Waals surface area contributed by atoms with E-state index < -0.39 is 41.3 Å². The normalized spacial score (nSPS) is 13.3. The van der Waals surface area contributed by atoms with Crippen LogP contribution in [0.3, 0.4) is 0 Å². The number of halogens is 6. The summed E-state index contributed by atoms with van der Waals surface area (Å²) < 4.78 is 83.9. The molecule has 0 fully saturated rings. The molecule has 0 bridgehead atoms. The number of nitrogens with one attached hydrogen (secondary N) is 2. The van der Waals surface area contributed by atoms with E-state index in [1.54, 1.807) is 13.8 Å². The maximum absolute atomic E-state index is 13.2. The molecule has 0 saturated carbocycles. The van der Waals surface area contributed by atoms with Crippen LogP contribution in [0.4, 0.5) is 43.8 Å². The lowest BCUT2D eigenvalue weighted by Gasteiger charge is -2.21. The molecule has 0 aliphatic rings. The Kier molecular flexibility index (Phi) is 7.01. The Labute approximate surface area is 168 Å². The highest BCUT2D eigenvalue weighted by Gasteiger charge is 2.35. The van der Waals surface area contributed by atoms with Crippen molar-refractivity contribution in [2.24, 2.45) is 5.92 Å². The van der Waals surface area contributed by atoms with Crippen molar-refractivity contribution in [1.29, 1.82) is 0 Å². The van der Waals surface area contributed by atoms with E-state index in [9.17, 15) is 31.4 Å². The molecule has 0 aliphatic heterocycles. The molecule has 3 N–H and O–H groups in total. The molecule has 1 heterocycles. The van der Waals surface area contributed by atoms with Crippen LogP contribution < -0.4 is 15.4 Å². The van der Waals surface area contributed by atoms with Gasteiger partial charge in [0.05, 0.1) is 25.3 Å². The summed E-state index contributed by atoms with van der Waals surface area (Å²) in [7, 11) is 1.07. The maximum atomic E-state index is 13.2. The van der Waals surface area contributed by atoms with Crippen molar-refractivity contribution >= 4 is 17.5 Å². The predicted molar refractivity (Wildman–Crippen MR) is 97.6 cm³/mol. The first-order valence-electron chi connectivity index (χ1n) is 8.71. The van der Waals surface area contributed by atoms with E-state index >= 15 is 0 Å². The van der Waals surface area contributed by atoms with Crippen LogP contribution in [0.25, 0.3) is 0 Å². The smallest absolute Gasteiger partial charge is 0.433 e. The molecule has 166 valence electrons. The van der Waals surface area contributed by atoms with Crippen molar-refractivity contribution in [1.82, 2.24) is 9.97 Å². The second kappa shape index (κ2) is 8.94. The van der Waals surface area contributed by atoms with Crippen LogP contribution >= 0.6 is 0 Å². The predicted octanol–water partition coefficient (Wildman–Crippen LogP) is 4.70. The van der Waals surface area contributed by atoms with Gasteiger partial charge in [-0.1, -0.05) is 13.8 Å². The summed E-state index contributed by atoms with van der Waals surface area (Å²) >= 11 is 0. The van der Waals surface area contributed by atoms with Crippen LogP contribution in [0.1, 0.15) is 25.1 Å².